The highest BCUT2D eigenvalue weighted by molar-refractivity contribution is 7.87. The summed E-state index contributed by atoms with van der Waals surface area (Å²) < 4.78 is 123. The topological polar surface area (TPSA) is 452 Å². The lowest BCUT2D eigenvalue weighted by Gasteiger charge is -2.16. The Morgan fingerprint density at radius 1 is 0.662 bits per heavy atom. The van der Waals surface area contributed by atoms with E-state index in [-0.39, 0.29) is 81.8 Å². The van der Waals surface area contributed by atoms with Gasteiger partial charge in [0, 0.05) is 45.4 Å². The molecule has 0 fully saturated rings. The number of aromatic nitrogens is 1. The Balaban J connectivity index is 1.31. The second kappa shape index (κ2) is 21.4. The number of pyridine rings is 1. The summed E-state index contributed by atoms with van der Waals surface area (Å²) >= 11 is 0.762. The summed E-state index contributed by atoms with van der Waals surface area (Å²) in [5, 5.41) is 57.3. The Morgan fingerprint density at radius 3 is 1.79 bits per heavy atom. The zero-order chi connectivity index (χ0) is 55.6. The molecule has 6 aromatic carbocycles. The highest BCUT2D eigenvalue weighted by Crippen LogP contribution is 2.49. The van der Waals surface area contributed by atoms with Crippen molar-refractivity contribution in [1.82, 2.24) is 4.98 Å². The third kappa shape index (κ3) is 11.6. The van der Waals surface area contributed by atoms with Crippen LogP contribution in [0.15, 0.2) is 150 Å². The molecule has 0 aliphatic carbocycles. The second-order valence-electron chi connectivity index (χ2n) is 15.6. The molecule has 28 nitrogen and oxygen atoms in total. The molecule has 0 aliphatic heterocycles. The van der Waals surface area contributed by atoms with Crippen LogP contribution in [-0.4, -0.2) is 48.1 Å². The first-order valence-electron chi connectivity index (χ1n) is 21.0. The van der Waals surface area contributed by atoms with E-state index in [1.165, 1.54) is 55.5 Å². The summed E-state index contributed by atoms with van der Waals surface area (Å²) in [4.78, 5) is 14.1. The number of nitro benzene ring substituents is 1. The Hall–Kier alpha value is -8.81. The van der Waals surface area contributed by atoms with Gasteiger partial charge in [-0.1, -0.05) is 47.7 Å². The molecule has 2 heterocycles. The molecule has 8 rings (SSSR count). The first kappa shape index (κ1) is 54.5. The first-order valence-corrected chi connectivity index (χ1v) is 27.5. The molecule has 0 aliphatic rings. The number of nitrogens with zero attached hydrogens (tertiary/aromatic N) is 8. The number of hydrogen-bond acceptors (Lipinski definition) is 26. The van der Waals surface area contributed by atoms with Crippen molar-refractivity contribution in [2.75, 3.05) is 15.4 Å². The number of azo groups is 2. The van der Waals surface area contributed by atoms with Crippen LogP contribution in [0.1, 0.15) is 16.7 Å². The fourth-order valence-corrected chi connectivity index (χ4v) is 10.8. The molecule has 33 heteroatoms. The number of nitrogens with one attached hydrogen (secondary N) is 3. The van der Waals surface area contributed by atoms with Crippen LogP contribution in [-0.2, 0) is 53.5 Å². The summed E-state index contributed by atoms with van der Waals surface area (Å²) in [7, 11) is -18.7. The van der Waals surface area contributed by atoms with Crippen LogP contribution in [0.4, 0.5) is 55.8 Å². The number of thiophene rings is 1. The molecule has 0 unspecified atom stereocenters. The molecule has 392 valence electrons. The zero-order valence-electron chi connectivity index (χ0n) is 38.6. The van der Waals surface area contributed by atoms with Gasteiger partial charge in [-0.15, -0.1) is 20.5 Å². The lowest BCUT2D eigenvalue weighted by molar-refractivity contribution is -0.384. The van der Waals surface area contributed by atoms with Gasteiger partial charge in [0.05, 0.1) is 31.7 Å². The van der Waals surface area contributed by atoms with Crippen LogP contribution >= 0.6 is 11.3 Å². The summed E-state index contributed by atoms with van der Waals surface area (Å²) in [6, 6.07) is 30.1. The number of non-ortho nitro benzene ring substituents is 1. The number of benzene rings is 6. The molecule has 0 spiro atoms. The molecule has 77 heavy (non-hydrogen) atoms. The molecule has 10 N–H and O–H groups in total. The van der Waals surface area contributed by atoms with Crippen LogP contribution in [0.2, 0.25) is 0 Å². The van der Waals surface area contributed by atoms with E-state index in [1.54, 1.807) is 29.0 Å². The highest BCUT2D eigenvalue weighted by Gasteiger charge is 2.27. The third-order valence-electron chi connectivity index (χ3n) is 11.0. The number of rotatable bonds is 18. The zero-order valence-corrected chi connectivity index (χ0v) is 42.7. The molecule has 0 bridgehead atoms. The van der Waals surface area contributed by atoms with Crippen molar-refractivity contribution < 1.29 is 56.0 Å². The van der Waals surface area contributed by atoms with E-state index in [4.69, 9.17) is 17.7 Å². The maximum absolute atomic E-state index is 13.2. The SMILES string of the molecule is Cc1c(C#N)c(Nc2ccc(S(=O)(=O)ON)cc2)nc(Nc2ccc(S(=O)(=O)ON)cc2)c1N=Nc1sc(N=Nc2cc(S(=O)(=O)ON)c3cc([N+](=O)[O-])cc(NS(=O)(=O)O)c3c2)c(-c2ccc3ccccc3c2)c1C#N. The first-order chi connectivity index (χ1) is 36.5. The minimum Gasteiger partial charge on any atom is -0.339 e. The van der Waals surface area contributed by atoms with Gasteiger partial charge in [0.15, 0.2) is 16.6 Å². The number of nitrogens with two attached hydrogens (primary N) is 3. The Kier molecular flexibility index (Phi) is 15.2. The van der Waals surface area contributed by atoms with Gasteiger partial charge < -0.3 is 10.6 Å². The molecule has 0 radical (unpaired) electrons. The van der Waals surface area contributed by atoms with Crippen molar-refractivity contribution in [3.05, 3.63) is 142 Å². The average Bonchev–Trinajstić information content (AvgIpc) is 3.76. The van der Waals surface area contributed by atoms with Crippen molar-refractivity contribution in [3.63, 3.8) is 0 Å². The highest BCUT2D eigenvalue weighted by atomic mass is 32.2. The van der Waals surface area contributed by atoms with Gasteiger partial charge in [0.2, 0.25) is 0 Å². The number of anilines is 5. The van der Waals surface area contributed by atoms with Crippen molar-refractivity contribution >= 4 is 129 Å². The van der Waals surface area contributed by atoms with E-state index in [0.717, 1.165) is 40.3 Å². The summed E-state index contributed by atoms with van der Waals surface area (Å²) in [5.74, 6) is 14.8. The molecular formula is C44H32N14O14S5. The lowest BCUT2D eigenvalue weighted by atomic mass is 10.00. The van der Waals surface area contributed by atoms with E-state index in [2.05, 4.69) is 61.1 Å². The number of nitriles is 2. The largest absolute Gasteiger partial charge is 0.357 e. The van der Waals surface area contributed by atoms with E-state index in [9.17, 15) is 58.9 Å². The van der Waals surface area contributed by atoms with Gasteiger partial charge in [0.1, 0.15) is 33.3 Å². The predicted octanol–water partition coefficient (Wildman–Crippen LogP) is 8.35. The minimum atomic E-state index is -5.13. The van der Waals surface area contributed by atoms with Gasteiger partial charge in [-0.2, -0.15) is 74.7 Å². The van der Waals surface area contributed by atoms with Gasteiger partial charge in [-0.25, -0.2) is 4.98 Å². The lowest BCUT2D eigenvalue weighted by Crippen LogP contribution is -2.13. The van der Waals surface area contributed by atoms with Crippen LogP contribution in [0.3, 0.4) is 0 Å². The summed E-state index contributed by atoms with van der Waals surface area (Å²) in [6.07, 6.45) is 0. The van der Waals surface area contributed by atoms with Crippen molar-refractivity contribution in [2.24, 2.45) is 38.1 Å². The maximum Gasteiger partial charge on any atom is 0.357 e. The molecule has 2 aromatic heterocycles. The molecule has 0 amide bonds. The maximum atomic E-state index is 13.2. The van der Waals surface area contributed by atoms with E-state index in [1.807, 2.05) is 18.2 Å². The number of nitro groups is 1. The van der Waals surface area contributed by atoms with Crippen molar-refractivity contribution in [3.8, 4) is 23.3 Å². The second-order valence-corrected chi connectivity index (χ2v) is 22.4. The molecule has 8 aromatic rings. The van der Waals surface area contributed by atoms with Gasteiger partial charge in [-0.3, -0.25) is 19.4 Å². The number of fused-ring (bicyclic) bond motifs is 2. The predicted molar refractivity (Wildman–Crippen MR) is 277 cm³/mol. The Morgan fingerprint density at radius 2 is 1.23 bits per heavy atom. The van der Waals surface area contributed by atoms with E-state index < -0.39 is 67.2 Å². The van der Waals surface area contributed by atoms with Gasteiger partial charge in [0.25, 0.3) is 5.69 Å². The Labute approximate surface area is 439 Å². The van der Waals surface area contributed by atoms with Crippen molar-refractivity contribution in [2.45, 2.75) is 21.6 Å². The van der Waals surface area contributed by atoms with E-state index >= 15 is 0 Å². The third-order valence-corrected chi connectivity index (χ3v) is 15.7. The summed E-state index contributed by atoms with van der Waals surface area (Å²) in [6.45, 7) is 1.50. The minimum absolute atomic E-state index is 0.0378. The monoisotopic (exact) mass is 1140 g/mol. The molecule has 0 saturated carbocycles. The summed E-state index contributed by atoms with van der Waals surface area (Å²) in [5.41, 5.74) is -0.937. The van der Waals surface area contributed by atoms with E-state index in [0.29, 0.717) is 11.6 Å². The average molecular weight is 1140 g/mol. The fraction of sp³-hybridized carbons (Fsp3) is 0.0227. The number of hydrogen-bond donors (Lipinski definition) is 7. The van der Waals surface area contributed by atoms with Gasteiger partial charge in [-0.05, 0) is 90.0 Å². The smallest absolute Gasteiger partial charge is 0.339 e. The molecular weight excluding hydrogens is 1110 g/mol. The van der Waals surface area contributed by atoms with Crippen LogP contribution < -0.4 is 33.0 Å². The standard InChI is InChI=1S/C44H32N14O14S5/c1-23-35(21-45)41(50-27-8-12-31(13-9-27)74(61,62)70-47)52-42(51-28-10-14-32(15-11-28)75(63,64)71-48)40(23)54-55-43-36(22-46)39(26-7-6-24-4-2-3-5-25(24)16-26)44(73-43)56-53-29-17-33-34(38(18-29)76(65,66)72-49)19-30(58(59)60)20-37(33)57-77(67,68)69/h2-20,57H,47-49H2,1H3,(H2,50,51,52)(H,67,68,69). The van der Waals surface area contributed by atoms with Crippen LogP contribution in [0.25, 0.3) is 32.7 Å². The van der Waals surface area contributed by atoms with Gasteiger partial charge >= 0.3 is 40.7 Å². The Bertz CT molecular complexity index is 4360. The van der Waals surface area contributed by atoms with Crippen molar-refractivity contribution in [1.29, 1.82) is 10.5 Å². The van der Waals surface area contributed by atoms with Crippen LogP contribution in [0, 0.1) is 39.7 Å². The molecule has 0 saturated heterocycles. The van der Waals surface area contributed by atoms with Crippen LogP contribution in [0.5, 0.6) is 0 Å². The fourth-order valence-electron chi connectivity index (χ4n) is 7.43. The molecule has 0 atom stereocenters. The normalized spacial score (nSPS) is 12.2. The quantitative estimate of drug-likeness (QED) is 0.0183.